The summed E-state index contributed by atoms with van der Waals surface area (Å²) in [4.78, 5) is 20.3. The molecule has 0 aromatic carbocycles. The molecule has 1 atom stereocenters. The minimum Gasteiger partial charge on any atom is -0.368 e. The highest BCUT2D eigenvalue weighted by Crippen LogP contribution is 2.42. The Labute approximate surface area is 94.8 Å². The van der Waals surface area contributed by atoms with Crippen LogP contribution in [0.5, 0.6) is 0 Å². The van der Waals surface area contributed by atoms with Crippen LogP contribution in [0.25, 0.3) is 0 Å². The highest BCUT2D eigenvalue weighted by atomic mass is 16.5. The Morgan fingerprint density at radius 1 is 1.44 bits per heavy atom. The second kappa shape index (κ2) is 3.48. The van der Waals surface area contributed by atoms with E-state index in [1.807, 2.05) is 6.92 Å². The third kappa shape index (κ3) is 1.36. The Bertz CT molecular complexity index is 365. The summed E-state index contributed by atoms with van der Waals surface area (Å²) in [6, 6.07) is -0.287. The van der Waals surface area contributed by atoms with E-state index in [-0.39, 0.29) is 17.4 Å². The average Bonchev–Trinajstić information content (AvgIpc) is 2.35. The van der Waals surface area contributed by atoms with E-state index in [9.17, 15) is 4.79 Å². The number of hydrogen-bond acceptors (Lipinski definition) is 4. The molecule has 3 fully saturated rings. The Hall–Kier alpha value is -1.03. The summed E-state index contributed by atoms with van der Waals surface area (Å²) >= 11 is 0. The lowest BCUT2D eigenvalue weighted by Gasteiger charge is -2.46. The number of fused-ring (bicyclic) bond motifs is 3. The number of aliphatic imine (C=N–C) groups is 2. The molecule has 0 aromatic rings. The molecule has 16 heavy (non-hydrogen) atoms. The first kappa shape index (κ1) is 10.1. The predicted octanol–water partition coefficient (Wildman–Crippen LogP) is 1.39. The van der Waals surface area contributed by atoms with Crippen LogP contribution in [0.3, 0.4) is 0 Å². The van der Waals surface area contributed by atoms with E-state index in [0.29, 0.717) is 11.6 Å². The summed E-state index contributed by atoms with van der Waals surface area (Å²) in [6.07, 6.45) is 5.74. The van der Waals surface area contributed by atoms with Gasteiger partial charge in [-0.2, -0.15) is 0 Å². The first-order chi connectivity index (χ1) is 7.71. The first-order valence-electron chi connectivity index (χ1n) is 5.99. The van der Waals surface area contributed by atoms with Gasteiger partial charge in [-0.15, -0.1) is 0 Å². The van der Waals surface area contributed by atoms with Crippen molar-refractivity contribution in [3.8, 4) is 0 Å². The zero-order valence-corrected chi connectivity index (χ0v) is 9.48. The fourth-order valence-electron chi connectivity index (χ4n) is 2.90. The number of hydrogen-bond donors (Lipinski definition) is 0. The van der Waals surface area contributed by atoms with Crippen LogP contribution in [0.2, 0.25) is 0 Å². The molecule has 2 saturated heterocycles. The Balaban J connectivity index is 1.94. The second-order valence-electron chi connectivity index (χ2n) is 5.03. The van der Waals surface area contributed by atoms with Gasteiger partial charge in [0.2, 0.25) is 5.78 Å². The van der Waals surface area contributed by atoms with Gasteiger partial charge in [0.05, 0.1) is 6.61 Å². The molecule has 0 amide bonds. The van der Waals surface area contributed by atoms with Crippen molar-refractivity contribution in [1.29, 1.82) is 0 Å². The van der Waals surface area contributed by atoms with Gasteiger partial charge in [0.25, 0.3) is 0 Å². The molecule has 0 spiro atoms. The lowest BCUT2D eigenvalue weighted by atomic mass is 9.72. The SMILES string of the molecule is CC1N=CN=C(C23CCC(CC2)CO3)C1=O. The maximum atomic E-state index is 12.1. The van der Waals surface area contributed by atoms with Crippen LogP contribution in [-0.2, 0) is 9.53 Å². The molecule has 4 heteroatoms. The van der Waals surface area contributed by atoms with Crippen molar-refractivity contribution < 1.29 is 9.53 Å². The van der Waals surface area contributed by atoms with E-state index >= 15 is 0 Å². The van der Waals surface area contributed by atoms with Gasteiger partial charge in [-0.3, -0.25) is 9.79 Å². The highest BCUT2D eigenvalue weighted by Gasteiger charge is 2.48. The largest absolute Gasteiger partial charge is 0.368 e. The van der Waals surface area contributed by atoms with Crippen molar-refractivity contribution in [1.82, 2.24) is 0 Å². The van der Waals surface area contributed by atoms with E-state index in [1.54, 1.807) is 0 Å². The molecular weight excluding hydrogens is 204 g/mol. The van der Waals surface area contributed by atoms with Crippen LogP contribution in [-0.4, -0.2) is 36.1 Å². The highest BCUT2D eigenvalue weighted by molar-refractivity contribution is 6.46. The molecule has 0 N–H and O–H groups in total. The number of nitrogens with zero attached hydrogens (tertiary/aromatic N) is 2. The summed E-state index contributed by atoms with van der Waals surface area (Å²) < 4.78 is 5.91. The van der Waals surface area contributed by atoms with Gasteiger partial charge < -0.3 is 4.74 Å². The van der Waals surface area contributed by atoms with E-state index < -0.39 is 0 Å². The summed E-state index contributed by atoms with van der Waals surface area (Å²) in [6.45, 7) is 2.61. The maximum absolute atomic E-state index is 12.1. The van der Waals surface area contributed by atoms with Crippen LogP contribution in [0.1, 0.15) is 32.6 Å². The van der Waals surface area contributed by atoms with E-state index in [2.05, 4.69) is 9.98 Å². The minimum atomic E-state index is -0.382. The Kier molecular flexibility index (Phi) is 2.21. The van der Waals surface area contributed by atoms with E-state index in [0.717, 1.165) is 32.3 Å². The summed E-state index contributed by atoms with van der Waals surface area (Å²) in [7, 11) is 0. The maximum Gasteiger partial charge on any atom is 0.204 e. The first-order valence-corrected chi connectivity index (χ1v) is 5.99. The Morgan fingerprint density at radius 3 is 2.81 bits per heavy atom. The summed E-state index contributed by atoms with van der Waals surface area (Å²) in [5.74, 6) is 0.745. The standard InChI is InChI=1S/C12H16N2O2/c1-8-10(15)11(14-7-13-8)12-4-2-9(3-5-12)6-16-12/h7-9H,2-6H2,1H3. The molecule has 1 aliphatic carbocycles. The molecule has 4 aliphatic rings. The number of ether oxygens (including phenoxy) is 1. The van der Waals surface area contributed by atoms with Gasteiger partial charge >= 0.3 is 0 Å². The summed E-state index contributed by atoms with van der Waals surface area (Å²) in [5, 5.41) is 0. The molecule has 2 bridgehead atoms. The van der Waals surface area contributed by atoms with Crippen molar-refractivity contribution in [3.05, 3.63) is 0 Å². The molecule has 86 valence electrons. The topological polar surface area (TPSA) is 51.0 Å². The molecule has 4 nitrogen and oxygen atoms in total. The van der Waals surface area contributed by atoms with Crippen molar-refractivity contribution >= 4 is 17.8 Å². The quantitative estimate of drug-likeness (QED) is 0.670. The lowest BCUT2D eigenvalue weighted by Crippen LogP contribution is -2.55. The third-order valence-electron chi connectivity index (χ3n) is 4.03. The number of rotatable bonds is 1. The molecule has 3 aliphatic heterocycles. The number of Topliss-reactive ketones (excluding diaryl/α,β-unsaturated/α-hetero) is 1. The van der Waals surface area contributed by atoms with E-state index in [1.165, 1.54) is 6.34 Å². The van der Waals surface area contributed by atoms with Crippen molar-refractivity contribution in [2.24, 2.45) is 15.9 Å². The van der Waals surface area contributed by atoms with Gasteiger partial charge in [-0.05, 0) is 38.5 Å². The van der Waals surface area contributed by atoms with Gasteiger partial charge in [0.1, 0.15) is 23.7 Å². The molecule has 0 radical (unpaired) electrons. The van der Waals surface area contributed by atoms with Crippen LogP contribution in [0.4, 0.5) is 0 Å². The molecule has 3 heterocycles. The van der Waals surface area contributed by atoms with Crippen LogP contribution < -0.4 is 0 Å². The summed E-state index contributed by atoms with van der Waals surface area (Å²) in [5.41, 5.74) is 0.236. The van der Waals surface area contributed by atoms with Crippen molar-refractivity contribution in [3.63, 3.8) is 0 Å². The van der Waals surface area contributed by atoms with Crippen LogP contribution in [0, 0.1) is 5.92 Å². The zero-order chi connectivity index (χ0) is 11.2. The number of carbonyl (C=O) groups is 1. The zero-order valence-electron chi connectivity index (χ0n) is 9.48. The fourth-order valence-corrected chi connectivity index (χ4v) is 2.90. The van der Waals surface area contributed by atoms with Gasteiger partial charge in [-0.1, -0.05) is 0 Å². The van der Waals surface area contributed by atoms with Gasteiger partial charge in [0.15, 0.2) is 0 Å². The molecule has 1 unspecified atom stereocenters. The van der Waals surface area contributed by atoms with Crippen molar-refractivity contribution in [2.75, 3.05) is 6.61 Å². The van der Waals surface area contributed by atoms with Gasteiger partial charge in [0, 0.05) is 0 Å². The lowest BCUT2D eigenvalue weighted by molar-refractivity contribution is -0.121. The molecular formula is C12H16N2O2. The smallest absolute Gasteiger partial charge is 0.204 e. The molecule has 1 saturated carbocycles. The third-order valence-corrected chi connectivity index (χ3v) is 4.03. The fraction of sp³-hybridized carbons (Fsp3) is 0.750. The normalized spacial score (nSPS) is 42.3. The minimum absolute atomic E-state index is 0.0443. The number of carbonyl (C=O) groups excluding carboxylic acids is 1. The monoisotopic (exact) mass is 220 g/mol. The molecule has 4 rings (SSSR count). The van der Waals surface area contributed by atoms with Gasteiger partial charge in [-0.25, -0.2) is 4.99 Å². The predicted molar refractivity (Wildman–Crippen MR) is 61.0 cm³/mol. The second-order valence-corrected chi connectivity index (χ2v) is 5.03. The van der Waals surface area contributed by atoms with E-state index in [4.69, 9.17) is 4.74 Å². The van der Waals surface area contributed by atoms with Crippen molar-refractivity contribution in [2.45, 2.75) is 44.2 Å². The van der Waals surface area contributed by atoms with Crippen LogP contribution >= 0.6 is 0 Å². The molecule has 0 aromatic heterocycles. The average molecular weight is 220 g/mol. The number of ketones is 1. The Morgan fingerprint density at radius 2 is 2.19 bits per heavy atom. The van der Waals surface area contributed by atoms with Crippen LogP contribution in [0.15, 0.2) is 9.98 Å².